The van der Waals surface area contributed by atoms with E-state index in [1.165, 1.54) is 12.0 Å². The molecule has 0 aliphatic carbocycles. The molecule has 0 aliphatic rings. The van der Waals surface area contributed by atoms with Gasteiger partial charge in [0.15, 0.2) is 6.40 Å². The third-order valence-electron chi connectivity index (χ3n) is 2.11. The van der Waals surface area contributed by atoms with Crippen molar-refractivity contribution in [3.05, 3.63) is 11.3 Å². The summed E-state index contributed by atoms with van der Waals surface area (Å²) < 4.78 is 4.83. The average molecular weight is 183 g/mol. The van der Waals surface area contributed by atoms with Gasteiger partial charge in [0, 0.05) is 5.70 Å². The monoisotopic (exact) mass is 183 g/mol. The van der Waals surface area contributed by atoms with E-state index in [9.17, 15) is 0 Å². The number of ether oxygens (including phenoxy) is 1. The summed E-state index contributed by atoms with van der Waals surface area (Å²) in [4.78, 5) is 4.30. The summed E-state index contributed by atoms with van der Waals surface area (Å²) in [6, 6.07) is 0. The van der Waals surface area contributed by atoms with Gasteiger partial charge in [0.25, 0.3) is 0 Å². The predicted octanol–water partition coefficient (Wildman–Crippen LogP) is 3.25. The van der Waals surface area contributed by atoms with Crippen molar-refractivity contribution in [2.24, 2.45) is 16.8 Å². The van der Waals surface area contributed by atoms with E-state index in [1.54, 1.807) is 7.11 Å². The van der Waals surface area contributed by atoms with Gasteiger partial charge < -0.3 is 4.74 Å². The first kappa shape index (κ1) is 12.2. The Hall–Kier alpha value is -0.790. The van der Waals surface area contributed by atoms with Gasteiger partial charge in [0.05, 0.1) is 7.11 Å². The third kappa shape index (κ3) is 4.11. The molecule has 0 heterocycles. The summed E-state index contributed by atoms with van der Waals surface area (Å²) in [5, 5.41) is 0. The number of allylic oxidation sites excluding steroid dienone is 2. The van der Waals surface area contributed by atoms with Crippen molar-refractivity contribution in [3.8, 4) is 0 Å². The van der Waals surface area contributed by atoms with Gasteiger partial charge in [-0.15, -0.1) is 0 Å². The van der Waals surface area contributed by atoms with E-state index in [-0.39, 0.29) is 0 Å². The van der Waals surface area contributed by atoms with Crippen molar-refractivity contribution in [2.45, 2.75) is 34.6 Å². The van der Waals surface area contributed by atoms with Crippen LogP contribution in [-0.4, -0.2) is 13.5 Å². The van der Waals surface area contributed by atoms with Crippen LogP contribution in [0.3, 0.4) is 0 Å². The van der Waals surface area contributed by atoms with Crippen molar-refractivity contribution in [3.63, 3.8) is 0 Å². The normalized spacial score (nSPS) is 14.2. The van der Waals surface area contributed by atoms with Gasteiger partial charge in [-0.2, -0.15) is 0 Å². The molecule has 0 unspecified atom stereocenters. The SMILES string of the molecule is COC=N/C(=C(\C)C(C)C)C(C)C. The first-order valence-electron chi connectivity index (χ1n) is 4.76. The second-order valence-electron chi connectivity index (χ2n) is 3.85. The number of nitrogens with zero attached hydrogens (tertiary/aromatic N) is 1. The molecular weight excluding hydrogens is 162 g/mol. The lowest BCUT2D eigenvalue weighted by Gasteiger charge is -2.13. The number of rotatable bonds is 4. The van der Waals surface area contributed by atoms with Crippen LogP contribution in [-0.2, 0) is 4.74 Å². The van der Waals surface area contributed by atoms with Gasteiger partial charge in [0.2, 0.25) is 0 Å². The van der Waals surface area contributed by atoms with E-state index in [0.29, 0.717) is 11.8 Å². The zero-order chi connectivity index (χ0) is 10.4. The standard InChI is InChI=1S/C11H21NO/c1-8(2)10(5)11(9(3)4)12-7-13-6/h7-9H,1-6H3/b11-10+,12-7?. The van der Waals surface area contributed by atoms with Crippen molar-refractivity contribution >= 4 is 6.40 Å². The molecule has 0 fully saturated rings. The first-order valence-corrected chi connectivity index (χ1v) is 4.76. The summed E-state index contributed by atoms with van der Waals surface area (Å²) in [7, 11) is 1.62. The molecule has 0 spiro atoms. The Balaban J connectivity index is 4.78. The lowest BCUT2D eigenvalue weighted by atomic mass is 9.97. The Morgan fingerprint density at radius 1 is 1.15 bits per heavy atom. The maximum atomic E-state index is 4.83. The zero-order valence-corrected chi connectivity index (χ0v) is 9.59. The Labute approximate surface area is 81.7 Å². The molecular formula is C11H21NO. The molecule has 0 rings (SSSR count). The maximum Gasteiger partial charge on any atom is 0.173 e. The molecule has 0 bridgehead atoms. The summed E-state index contributed by atoms with van der Waals surface area (Å²) >= 11 is 0. The lowest BCUT2D eigenvalue weighted by molar-refractivity contribution is 0.421. The van der Waals surface area contributed by atoms with Crippen LogP contribution in [0.15, 0.2) is 16.3 Å². The molecule has 0 aromatic heterocycles. The van der Waals surface area contributed by atoms with Crippen LogP contribution in [0.25, 0.3) is 0 Å². The molecule has 13 heavy (non-hydrogen) atoms. The molecule has 76 valence electrons. The van der Waals surface area contributed by atoms with Crippen molar-refractivity contribution in [2.75, 3.05) is 7.11 Å². The van der Waals surface area contributed by atoms with E-state index in [1.807, 2.05) is 0 Å². The zero-order valence-electron chi connectivity index (χ0n) is 9.59. The number of aliphatic imine (C=N–C) groups is 1. The van der Waals surface area contributed by atoms with Crippen LogP contribution < -0.4 is 0 Å². The number of hydrogen-bond acceptors (Lipinski definition) is 2. The molecule has 0 aliphatic heterocycles. The Morgan fingerprint density at radius 3 is 2.00 bits per heavy atom. The third-order valence-corrected chi connectivity index (χ3v) is 2.11. The minimum absolute atomic E-state index is 0.453. The van der Waals surface area contributed by atoms with E-state index in [0.717, 1.165) is 5.70 Å². The van der Waals surface area contributed by atoms with Crippen molar-refractivity contribution in [1.82, 2.24) is 0 Å². The Kier molecular flexibility index (Phi) is 5.44. The van der Waals surface area contributed by atoms with Crippen molar-refractivity contribution in [1.29, 1.82) is 0 Å². The quantitative estimate of drug-likeness (QED) is 0.484. The second-order valence-corrected chi connectivity index (χ2v) is 3.85. The molecule has 2 nitrogen and oxygen atoms in total. The van der Waals surface area contributed by atoms with E-state index in [2.05, 4.69) is 39.6 Å². The van der Waals surface area contributed by atoms with Crippen LogP contribution in [0.2, 0.25) is 0 Å². The highest BCUT2D eigenvalue weighted by atomic mass is 16.5. The summed E-state index contributed by atoms with van der Waals surface area (Å²) in [6.45, 7) is 10.8. The number of methoxy groups -OCH3 is 1. The molecule has 0 aromatic rings. The van der Waals surface area contributed by atoms with Gasteiger partial charge >= 0.3 is 0 Å². The molecule has 0 aromatic carbocycles. The van der Waals surface area contributed by atoms with Gasteiger partial charge in [-0.05, 0) is 24.3 Å². The van der Waals surface area contributed by atoms with E-state index >= 15 is 0 Å². The van der Waals surface area contributed by atoms with E-state index in [4.69, 9.17) is 4.74 Å². The fourth-order valence-electron chi connectivity index (χ4n) is 1.11. The topological polar surface area (TPSA) is 21.6 Å². The summed E-state index contributed by atoms with van der Waals surface area (Å²) in [5.74, 6) is 1.00. The molecule has 0 saturated carbocycles. The van der Waals surface area contributed by atoms with Crippen molar-refractivity contribution < 1.29 is 4.74 Å². The fraction of sp³-hybridized carbons (Fsp3) is 0.727. The van der Waals surface area contributed by atoms with Crippen LogP contribution in [0.5, 0.6) is 0 Å². The lowest BCUT2D eigenvalue weighted by Crippen LogP contribution is -2.01. The molecule has 2 heteroatoms. The highest BCUT2D eigenvalue weighted by Crippen LogP contribution is 2.21. The van der Waals surface area contributed by atoms with Crippen LogP contribution in [0, 0.1) is 11.8 Å². The van der Waals surface area contributed by atoms with E-state index < -0.39 is 0 Å². The highest BCUT2D eigenvalue weighted by molar-refractivity contribution is 5.49. The molecule has 0 N–H and O–H groups in total. The summed E-state index contributed by atoms with van der Waals surface area (Å²) in [5.41, 5.74) is 2.47. The second kappa shape index (κ2) is 5.79. The average Bonchev–Trinajstić information content (AvgIpc) is 2.04. The minimum atomic E-state index is 0.453. The van der Waals surface area contributed by atoms with Crippen LogP contribution in [0.1, 0.15) is 34.6 Å². The Morgan fingerprint density at radius 2 is 1.69 bits per heavy atom. The predicted molar refractivity (Wildman–Crippen MR) is 57.9 cm³/mol. The van der Waals surface area contributed by atoms with Crippen LogP contribution >= 0.6 is 0 Å². The number of hydrogen-bond donors (Lipinski definition) is 0. The van der Waals surface area contributed by atoms with Gasteiger partial charge in [-0.25, -0.2) is 4.99 Å². The molecule has 0 saturated heterocycles. The Bertz CT molecular complexity index is 202. The molecule has 0 radical (unpaired) electrons. The van der Waals surface area contributed by atoms with Gasteiger partial charge in [-0.1, -0.05) is 27.7 Å². The fourth-order valence-corrected chi connectivity index (χ4v) is 1.11. The molecule has 0 atom stereocenters. The minimum Gasteiger partial charge on any atom is -0.486 e. The molecule has 0 amide bonds. The summed E-state index contributed by atoms with van der Waals surface area (Å²) in [6.07, 6.45) is 1.50. The maximum absolute atomic E-state index is 4.83. The van der Waals surface area contributed by atoms with Gasteiger partial charge in [-0.3, -0.25) is 0 Å². The highest BCUT2D eigenvalue weighted by Gasteiger charge is 2.08. The smallest absolute Gasteiger partial charge is 0.173 e. The first-order chi connectivity index (χ1) is 6.00. The largest absolute Gasteiger partial charge is 0.486 e. The van der Waals surface area contributed by atoms with Gasteiger partial charge in [0.1, 0.15) is 0 Å². The van der Waals surface area contributed by atoms with Crippen LogP contribution in [0.4, 0.5) is 0 Å².